The van der Waals surface area contributed by atoms with E-state index in [0.29, 0.717) is 23.9 Å². The predicted octanol–water partition coefficient (Wildman–Crippen LogP) is 3.69. The van der Waals surface area contributed by atoms with Crippen molar-refractivity contribution in [2.75, 3.05) is 38.3 Å². The summed E-state index contributed by atoms with van der Waals surface area (Å²) in [7, 11) is -1.21. The maximum atomic E-state index is 13.7. The number of sulfonamides is 1. The number of fused-ring (bicyclic) bond motifs is 1. The average Bonchev–Trinajstić information content (AvgIpc) is 2.91. The third-order valence-electron chi connectivity index (χ3n) is 5.79. The molecule has 0 saturated carbocycles. The number of hydrogen-bond acceptors (Lipinski definition) is 7. The average molecular weight is 531 g/mol. The van der Waals surface area contributed by atoms with Gasteiger partial charge in [0.1, 0.15) is 25.6 Å². The van der Waals surface area contributed by atoms with E-state index in [2.05, 4.69) is 5.32 Å². The Morgan fingerprint density at radius 1 is 0.973 bits per heavy atom. The lowest BCUT2D eigenvalue weighted by Crippen LogP contribution is -2.41. The van der Waals surface area contributed by atoms with Gasteiger partial charge in [-0.05, 0) is 61.0 Å². The van der Waals surface area contributed by atoms with Crippen molar-refractivity contribution in [2.24, 2.45) is 0 Å². The number of nitrogens with one attached hydrogen (secondary N) is 1. The second-order valence-corrected chi connectivity index (χ2v) is 10.1. The number of halogens is 1. The van der Waals surface area contributed by atoms with E-state index in [4.69, 9.17) is 18.9 Å². The molecule has 0 bridgehead atoms. The van der Waals surface area contributed by atoms with Crippen molar-refractivity contribution >= 4 is 21.6 Å². The van der Waals surface area contributed by atoms with Crippen molar-refractivity contribution in [3.05, 3.63) is 72.0 Å². The molecule has 37 heavy (non-hydrogen) atoms. The van der Waals surface area contributed by atoms with Crippen LogP contribution in [0.4, 0.5) is 10.1 Å². The van der Waals surface area contributed by atoms with Crippen molar-refractivity contribution in [3.8, 4) is 23.0 Å². The van der Waals surface area contributed by atoms with Gasteiger partial charge in [0.2, 0.25) is 5.91 Å². The number of benzene rings is 3. The Kier molecular flexibility index (Phi) is 7.72. The van der Waals surface area contributed by atoms with Crippen molar-refractivity contribution in [1.29, 1.82) is 0 Å². The number of hydrogen-bond donors (Lipinski definition) is 1. The van der Waals surface area contributed by atoms with Crippen LogP contribution in [-0.4, -0.2) is 48.3 Å². The number of amides is 1. The van der Waals surface area contributed by atoms with Crippen LogP contribution in [0, 0.1) is 5.82 Å². The minimum atomic E-state index is -4.24. The first kappa shape index (κ1) is 26.1. The van der Waals surface area contributed by atoms with Gasteiger partial charge < -0.3 is 24.3 Å². The fourth-order valence-electron chi connectivity index (χ4n) is 3.86. The molecule has 9 nitrogen and oxygen atoms in total. The summed E-state index contributed by atoms with van der Waals surface area (Å²) in [5, 5.41) is 2.81. The lowest BCUT2D eigenvalue weighted by Gasteiger charge is -2.26. The van der Waals surface area contributed by atoms with Gasteiger partial charge in [0.25, 0.3) is 10.0 Å². The number of carbonyl (C=O) groups is 1. The fourth-order valence-corrected chi connectivity index (χ4v) is 5.29. The third-order valence-corrected chi connectivity index (χ3v) is 7.56. The highest BCUT2D eigenvalue weighted by molar-refractivity contribution is 7.92. The zero-order valence-electron chi connectivity index (χ0n) is 20.6. The molecule has 11 heteroatoms. The molecule has 1 atom stereocenters. The highest BCUT2D eigenvalue weighted by atomic mass is 32.2. The quantitative estimate of drug-likeness (QED) is 0.450. The summed E-state index contributed by atoms with van der Waals surface area (Å²) < 4.78 is 63.4. The molecular weight excluding hydrogens is 503 g/mol. The van der Waals surface area contributed by atoms with Crippen LogP contribution in [0.3, 0.4) is 0 Å². The van der Waals surface area contributed by atoms with Gasteiger partial charge in [-0.15, -0.1) is 0 Å². The number of nitrogens with zero attached hydrogens (tertiary/aromatic N) is 1. The molecule has 1 unspecified atom stereocenters. The van der Waals surface area contributed by atoms with Crippen LogP contribution < -0.4 is 28.6 Å². The first-order valence-electron chi connectivity index (χ1n) is 11.4. The van der Waals surface area contributed by atoms with Crippen LogP contribution in [0.1, 0.15) is 18.5 Å². The molecule has 0 saturated heterocycles. The van der Waals surface area contributed by atoms with E-state index in [0.717, 1.165) is 22.0 Å². The van der Waals surface area contributed by atoms with E-state index in [1.165, 1.54) is 44.6 Å². The lowest BCUT2D eigenvalue weighted by atomic mass is 10.1. The Morgan fingerprint density at radius 3 is 2.32 bits per heavy atom. The van der Waals surface area contributed by atoms with Gasteiger partial charge in [-0.25, -0.2) is 12.8 Å². The Bertz CT molecular complexity index is 1380. The molecule has 1 amide bonds. The smallest absolute Gasteiger partial charge is 0.264 e. The minimum Gasteiger partial charge on any atom is -0.493 e. The van der Waals surface area contributed by atoms with E-state index >= 15 is 0 Å². The van der Waals surface area contributed by atoms with Crippen LogP contribution in [0.2, 0.25) is 0 Å². The molecule has 0 fully saturated rings. The summed E-state index contributed by atoms with van der Waals surface area (Å²) in [5.41, 5.74) is 0.860. The predicted molar refractivity (Wildman–Crippen MR) is 134 cm³/mol. The maximum absolute atomic E-state index is 13.7. The molecule has 0 aromatic heterocycles. The highest BCUT2D eigenvalue weighted by Crippen LogP contribution is 2.34. The van der Waals surface area contributed by atoms with E-state index in [1.54, 1.807) is 25.1 Å². The largest absolute Gasteiger partial charge is 0.493 e. The van der Waals surface area contributed by atoms with Crippen LogP contribution in [0.25, 0.3) is 0 Å². The summed E-state index contributed by atoms with van der Waals surface area (Å²) in [5.74, 6) is 0.658. The molecule has 1 aliphatic rings. The van der Waals surface area contributed by atoms with Crippen molar-refractivity contribution < 1.29 is 36.6 Å². The van der Waals surface area contributed by atoms with E-state index in [-0.39, 0.29) is 22.9 Å². The molecule has 1 heterocycles. The molecule has 3 aromatic carbocycles. The zero-order valence-corrected chi connectivity index (χ0v) is 21.4. The standard InChI is InChI=1S/C26H27FN2O7S/c1-17(18-4-10-22(33-2)24(14-18)34-3)28-26(30)16-29(20-7-5-19(27)6-8-20)37(31,32)21-9-11-23-25(15-21)36-13-12-35-23/h4-11,14-15,17H,12-13,16H2,1-3H3,(H,28,30). The molecule has 0 spiro atoms. The van der Waals surface area contributed by atoms with E-state index in [1.807, 2.05) is 0 Å². The number of carbonyl (C=O) groups excluding carboxylic acids is 1. The molecule has 4 rings (SSSR count). The summed E-state index contributed by atoms with van der Waals surface area (Å²) in [6, 6.07) is 13.8. The number of rotatable bonds is 9. The number of methoxy groups -OCH3 is 2. The van der Waals surface area contributed by atoms with Gasteiger partial charge >= 0.3 is 0 Å². The number of ether oxygens (including phenoxy) is 4. The second-order valence-electron chi connectivity index (χ2n) is 8.20. The third kappa shape index (κ3) is 5.72. The molecule has 0 aliphatic carbocycles. The molecule has 1 aliphatic heterocycles. The van der Waals surface area contributed by atoms with E-state index < -0.39 is 34.3 Å². The Labute approximate surface area is 214 Å². The summed E-state index contributed by atoms with van der Waals surface area (Å²) in [4.78, 5) is 13.0. The van der Waals surface area contributed by atoms with Crippen molar-refractivity contribution in [2.45, 2.75) is 17.9 Å². The summed E-state index contributed by atoms with van der Waals surface area (Å²) in [6.07, 6.45) is 0. The van der Waals surface area contributed by atoms with Crippen molar-refractivity contribution in [3.63, 3.8) is 0 Å². The molecular formula is C26H27FN2O7S. The summed E-state index contributed by atoms with van der Waals surface area (Å²) >= 11 is 0. The van der Waals surface area contributed by atoms with E-state index in [9.17, 15) is 17.6 Å². The highest BCUT2D eigenvalue weighted by Gasteiger charge is 2.29. The topological polar surface area (TPSA) is 103 Å². The molecule has 3 aromatic rings. The first-order chi connectivity index (χ1) is 17.7. The van der Waals surface area contributed by atoms with Gasteiger partial charge in [-0.3, -0.25) is 9.10 Å². The van der Waals surface area contributed by atoms with Crippen molar-refractivity contribution in [1.82, 2.24) is 5.32 Å². The maximum Gasteiger partial charge on any atom is 0.264 e. The SMILES string of the molecule is COc1ccc(C(C)NC(=O)CN(c2ccc(F)cc2)S(=O)(=O)c2ccc3c(c2)OCCO3)cc1OC. The Hall–Kier alpha value is -3.99. The van der Waals surface area contributed by atoms with Gasteiger partial charge in [0.05, 0.1) is 30.8 Å². The lowest BCUT2D eigenvalue weighted by molar-refractivity contribution is -0.120. The molecule has 1 N–H and O–H groups in total. The number of anilines is 1. The fraction of sp³-hybridized carbons (Fsp3) is 0.269. The zero-order chi connectivity index (χ0) is 26.6. The minimum absolute atomic E-state index is 0.0955. The van der Waals surface area contributed by atoms with Crippen LogP contribution in [0.15, 0.2) is 65.6 Å². The Morgan fingerprint density at radius 2 is 1.65 bits per heavy atom. The molecule has 196 valence electrons. The normalized spacial score (nSPS) is 13.4. The van der Waals surface area contributed by atoms with Crippen LogP contribution >= 0.6 is 0 Å². The van der Waals surface area contributed by atoms with Gasteiger partial charge in [0, 0.05) is 6.07 Å². The molecule has 0 radical (unpaired) electrons. The van der Waals surface area contributed by atoms with Gasteiger partial charge in [-0.1, -0.05) is 6.07 Å². The van der Waals surface area contributed by atoms with Gasteiger partial charge in [0.15, 0.2) is 23.0 Å². The summed E-state index contributed by atoms with van der Waals surface area (Å²) in [6.45, 7) is 1.87. The van der Waals surface area contributed by atoms with Gasteiger partial charge in [-0.2, -0.15) is 0 Å². The van der Waals surface area contributed by atoms with Crippen LogP contribution in [-0.2, 0) is 14.8 Å². The Balaban J connectivity index is 1.60. The second kappa shape index (κ2) is 11.0. The first-order valence-corrected chi connectivity index (χ1v) is 12.9. The van der Waals surface area contributed by atoms with Crippen LogP contribution in [0.5, 0.6) is 23.0 Å². The monoisotopic (exact) mass is 530 g/mol.